The van der Waals surface area contributed by atoms with E-state index in [2.05, 4.69) is 20.2 Å². The van der Waals surface area contributed by atoms with Crippen LogP contribution in [0.15, 0.2) is 87.5 Å². The van der Waals surface area contributed by atoms with E-state index in [1.54, 1.807) is 60.9 Å². The van der Waals surface area contributed by atoms with Crippen LogP contribution in [0.2, 0.25) is 0 Å². The predicted molar refractivity (Wildman–Crippen MR) is 126 cm³/mol. The molecule has 0 atom stereocenters. The second kappa shape index (κ2) is 9.92. The van der Waals surface area contributed by atoms with Gasteiger partial charge < -0.3 is 9.73 Å². The van der Waals surface area contributed by atoms with Crippen molar-refractivity contribution in [2.24, 2.45) is 0 Å². The Balaban J connectivity index is 1.44. The third-order valence-corrected chi connectivity index (χ3v) is 6.95. The minimum atomic E-state index is -3.79. The Morgan fingerprint density at radius 2 is 1.73 bits per heavy atom. The Bertz CT molecular complexity index is 1340. The van der Waals surface area contributed by atoms with Gasteiger partial charge in [0.05, 0.1) is 28.3 Å². The van der Waals surface area contributed by atoms with Gasteiger partial charge in [0.1, 0.15) is 0 Å². The number of rotatable bonds is 9. The summed E-state index contributed by atoms with van der Waals surface area (Å²) in [5, 5.41) is 11.7. The molecule has 2 aromatic carbocycles. The van der Waals surface area contributed by atoms with E-state index in [9.17, 15) is 13.2 Å². The summed E-state index contributed by atoms with van der Waals surface area (Å²) >= 11 is 1.23. The lowest BCUT2D eigenvalue weighted by molar-refractivity contribution is -0.113. The van der Waals surface area contributed by atoms with Gasteiger partial charge in [0.2, 0.25) is 5.91 Å². The highest BCUT2D eigenvalue weighted by Gasteiger charge is 2.18. The lowest BCUT2D eigenvalue weighted by Crippen LogP contribution is -2.18. The molecular weight excluding hydrogens is 462 g/mol. The molecule has 0 aliphatic rings. The number of hydrogen-bond acceptors (Lipinski definition) is 7. The van der Waals surface area contributed by atoms with Crippen LogP contribution in [0.4, 0.5) is 11.4 Å². The summed E-state index contributed by atoms with van der Waals surface area (Å²) < 4.78 is 35.1. The number of nitrogens with zero attached hydrogens (tertiary/aromatic N) is 3. The molecule has 0 saturated heterocycles. The number of carbonyl (C=O) groups is 1. The zero-order chi connectivity index (χ0) is 23.3. The maximum atomic E-state index is 12.7. The first-order chi connectivity index (χ1) is 16.0. The number of nitrogens with one attached hydrogen (secondary N) is 2. The predicted octanol–water partition coefficient (Wildman–Crippen LogP) is 4.09. The number of sulfonamides is 1. The van der Waals surface area contributed by atoms with Crippen molar-refractivity contribution in [1.29, 1.82) is 0 Å². The summed E-state index contributed by atoms with van der Waals surface area (Å²) in [6, 6.07) is 18.2. The van der Waals surface area contributed by atoms with Crippen LogP contribution in [-0.2, 0) is 21.4 Å². The van der Waals surface area contributed by atoms with Gasteiger partial charge in [-0.3, -0.25) is 14.1 Å². The maximum Gasteiger partial charge on any atom is 0.261 e. The van der Waals surface area contributed by atoms with Crippen molar-refractivity contribution in [3.05, 3.63) is 73.0 Å². The third-order valence-electron chi connectivity index (χ3n) is 4.61. The van der Waals surface area contributed by atoms with E-state index < -0.39 is 10.0 Å². The summed E-state index contributed by atoms with van der Waals surface area (Å²) in [6.07, 6.45) is 1.56. The number of para-hydroxylation sites is 2. The lowest BCUT2D eigenvalue weighted by Gasteiger charge is -2.13. The normalized spacial score (nSPS) is 11.3. The summed E-state index contributed by atoms with van der Waals surface area (Å²) in [5.41, 5.74) is 0.632. The Morgan fingerprint density at radius 1 is 1.00 bits per heavy atom. The van der Waals surface area contributed by atoms with Crippen molar-refractivity contribution < 1.29 is 17.6 Å². The number of thioether (sulfide) groups is 1. The topological polar surface area (TPSA) is 119 Å². The summed E-state index contributed by atoms with van der Waals surface area (Å²) in [4.78, 5) is 12.8. The summed E-state index contributed by atoms with van der Waals surface area (Å²) in [5.74, 6) is 0.943. The van der Waals surface area contributed by atoms with Gasteiger partial charge >= 0.3 is 0 Å². The molecule has 0 radical (unpaired) electrons. The van der Waals surface area contributed by atoms with E-state index >= 15 is 0 Å². The average molecular weight is 484 g/mol. The molecule has 0 aliphatic carbocycles. The molecule has 4 aromatic rings. The third kappa shape index (κ3) is 5.26. The summed E-state index contributed by atoms with van der Waals surface area (Å²) in [6.45, 7) is 2.56. The van der Waals surface area contributed by atoms with Crippen LogP contribution in [0, 0.1) is 0 Å². The first kappa shape index (κ1) is 22.6. The minimum Gasteiger partial charge on any atom is -0.461 e. The number of hydrogen-bond donors (Lipinski definition) is 2. The van der Waals surface area contributed by atoms with Gasteiger partial charge in [0.15, 0.2) is 16.7 Å². The zero-order valence-electron chi connectivity index (χ0n) is 17.6. The molecule has 33 heavy (non-hydrogen) atoms. The van der Waals surface area contributed by atoms with Crippen molar-refractivity contribution in [2.45, 2.75) is 23.5 Å². The summed E-state index contributed by atoms with van der Waals surface area (Å²) in [7, 11) is -3.79. The van der Waals surface area contributed by atoms with E-state index in [0.717, 1.165) is 0 Å². The van der Waals surface area contributed by atoms with E-state index in [0.29, 0.717) is 29.0 Å². The Labute approximate surface area is 195 Å². The molecule has 2 heterocycles. The van der Waals surface area contributed by atoms with Crippen molar-refractivity contribution in [3.8, 4) is 11.6 Å². The van der Waals surface area contributed by atoms with Gasteiger partial charge in [-0.05, 0) is 43.3 Å². The molecule has 170 valence electrons. The molecule has 11 heteroatoms. The fraction of sp³-hybridized carbons (Fsp3) is 0.136. The van der Waals surface area contributed by atoms with Crippen molar-refractivity contribution in [2.75, 3.05) is 15.8 Å². The van der Waals surface area contributed by atoms with Crippen LogP contribution in [0.1, 0.15) is 6.92 Å². The van der Waals surface area contributed by atoms with Gasteiger partial charge in [-0.25, -0.2) is 8.42 Å². The van der Waals surface area contributed by atoms with Crippen molar-refractivity contribution in [3.63, 3.8) is 0 Å². The van der Waals surface area contributed by atoms with Gasteiger partial charge in [0.25, 0.3) is 10.0 Å². The lowest BCUT2D eigenvalue weighted by atomic mass is 10.3. The smallest absolute Gasteiger partial charge is 0.261 e. The Hall–Kier alpha value is -3.57. The van der Waals surface area contributed by atoms with E-state index in [4.69, 9.17) is 4.42 Å². The van der Waals surface area contributed by atoms with Crippen LogP contribution < -0.4 is 10.0 Å². The standard InChI is InChI=1S/C22H21N5O4S2/c1-2-27-21(19-13-8-14-31-19)24-25-22(27)32-15-20(28)23-17-11-6-7-12-18(17)26-33(29,30)16-9-4-3-5-10-16/h3-14,26H,2,15H2,1H3,(H,23,28). The van der Waals surface area contributed by atoms with Crippen molar-refractivity contribution in [1.82, 2.24) is 14.8 Å². The van der Waals surface area contributed by atoms with Crippen LogP contribution in [0.3, 0.4) is 0 Å². The molecule has 1 amide bonds. The monoisotopic (exact) mass is 483 g/mol. The largest absolute Gasteiger partial charge is 0.461 e. The van der Waals surface area contributed by atoms with Gasteiger partial charge in [0, 0.05) is 6.54 Å². The van der Waals surface area contributed by atoms with Gasteiger partial charge in [-0.2, -0.15) is 0 Å². The van der Waals surface area contributed by atoms with E-state index in [1.807, 2.05) is 11.5 Å². The molecule has 0 aliphatic heterocycles. The second-order valence-electron chi connectivity index (χ2n) is 6.83. The molecule has 9 nitrogen and oxygen atoms in total. The first-order valence-corrected chi connectivity index (χ1v) is 12.5. The SMILES string of the molecule is CCn1c(SCC(=O)Nc2ccccc2NS(=O)(=O)c2ccccc2)nnc1-c1ccco1. The fourth-order valence-electron chi connectivity index (χ4n) is 3.07. The quantitative estimate of drug-likeness (QED) is 0.344. The van der Waals surface area contributed by atoms with Crippen LogP contribution >= 0.6 is 11.8 Å². The van der Waals surface area contributed by atoms with Crippen LogP contribution in [0.5, 0.6) is 0 Å². The Kier molecular flexibility index (Phi) is 6.80. The number of furan rings is 1. The molecule has 0 bridgehead atoms. The molecule has 0 unspecified atom stereocenters. The number of benzene rings is 2. The second-order valence-corrected chi connectivity index (χ2v) is 9.45. The fourth-order valence-corrected chi connectivity index (χ4v) is 4.97. The number of amides is 1. The zero-order valence-corrected chi connectivity index (χ0v) is 19.3. The number of anilines is 2. The Morgan fingerprint density at radius 3 is 2.42 bits per heavy atom. The molecule has 0 saturated carbocycles. The van der Waals surface area contributed by atoms with Crippen LogP contribution in [-0.4, -0.2) is 34.8 Å². The minimum absolute atomic E-state index is 0.0655. The number of carbonyl (C=O) groups excluding carboxylic acids is 1. The van der Waals surface area contributed by atoms with Crippen LogP contribution in [0.25, 0.3) is 11.6 Å². The van der Waals surface area contributed by atoms with E-state index in [1.165, 1.54) is 23.9 Å². The maximum absolute atomic E-state index is 12.7. The van der Waals surface area contributed by atoms with Gasteiger partial charge in [-0.15, -0.1) is 10.2 Å². The first-order valence-electron chi connectivity index (χ1n) is 10.0. The van der Waals surface area contributed by atoms with Crippen molar-refractivity contribution >= 4 is 39.1 Å². The molecule has 4 rings (SSSR count). The van der Waals surface area contributed by atoms with Gasteiger partial charge in [-0.1, -0.05) is 42.1 Å². The average Bonchev–Trinajstić information content (AvgIpc) is 3.49. The molecule has 0 spiro atoms. The highest BCUT2D eigenvalue weighted by molar-refractivity contribution is 7.99. The molecular formula is C22H21N5O4S2. The molecule has 2 aromatic heterocycles. The molecule has 0 fully saturated rings. The highest BCUT2D eigenvalue weighted by atomic mass is 32.2. The highest BCUT2D eigenvalue weighted by Crippen LogP contribution is 2.27. The number of aromatic nitrogens is 3. The molecule has 2 N–H and O–H groups in total. The van der Waals surface area contributed by atoms with E-state index in [-0.39, 0.29) is 22.2 Å².